The molecule has 2 N–H and O–H groups in total. The molecule has 1 aliphatic rings. The Morgan fingerprint density at radius 2 is 1.78 bits per heavy atom. The van der Waals surface area contributed by atoms with Crippen LogP contribution in [-0.4, -0.2) is 34.3 Å². The number of rotatable bonds is 3. The SMILES string of the molecule is O=C(CN1C(=O)c2ccc(Br)cc2C1=O)Nc1ccccc1O. The Labute approximate surface area is 139 Å². The number of para-hydroxylation sites is 2. The van der Waals surface area contributed by atoms with Gasteiger partial charge in [0.2, 0.25) is 5.91 Å². The molecule has 0 bridgehead atoms. The third-order valence-electron chi connectivity index (χ3n) is 3.41. The summed E-state index contributed by atoms with van der Waals surface area (Å²) in [6.07, 6.45) is 0. The molecule has 0 radical (unpaired) electrons. The number of aromatic hydroxyl groups is 1. The first-order valence-corrected chi connectivity index (χ1v) is 7.50. The van der Waals surface area contributed by atoms with E-state index in [9.17, 15) is 19.5 Å². The maximum absolute atomic E-state index is 12.3. The van der Waals surface area contributed by atoms with E-state index in [1.54, 1.807) is 30.3 Å². The van der Waals surface area contributed by atoms with Crippen molar-refractivity contribution < 1.29 is 19.5 Å². The molecule has 6 nitrogen and oxygen atoms in total. The van der Waals surface area contributed by atoms with Crippen molar-refractivity contribution in [3.05, 3.63) is 58.1 Å². The fraction of sp³-hybridized carbons (Fsp3) is 0.0625. The van der Waals surface area contributed by atoms with Gasteiger partial charge in [-0.3, -0.25) is 19.3 Å². The molecule has 0 fully saturated rings. The molecule has 23 heavy (non-hydrogen) atoms. The Morgan fingerprint density at radius 3 is 2.52 bits per heavy atom. The van der Waals surface area contributed by atoms with Crippen LogP contribution in [0.3, 0.4) is 0 Å². The molecule has 3 amide bonds. The molecular formula is C16H11BrN2O4. The number of halogens is 1. The lowest BCUT2D eigenvalue weighted by Crippen LogP contribution is -2.37. The number of nitrogens with one attached hydrogen (secondary N) is 1. The molecule has 0 saturated carbocycles. The van der Waals surface area contributed by atoms with Gasteiger partial charge in [-0.15, -0.1) is 0 Å². The average molecular weight is 375 g/mol. The van der Waals surface area contributed by atoms with Crippen molar-refractivity contribution in [2.75, 3.05) is 11.9 Å². The quantitative estimate of drug-likeness (QED) is 0.637. The summed E-state index contributed by atoms with van der Waals surface area (Å²) in [4.78, 5) is 37.4. The second kappa shape index (κ2) is 5.85. The molecular weight excluding hydrogens is 364 g/mol. The minimum absolute atomic E-state index is 0.0906. The summed E-state index contributed by atoms with van der Waals surface area (Å²) in [5, 5.41) is 12.1. The largest absolute Gasteiger partial charge is 0.506 e. The van der Waals surface area contributed by atoms with Crippen LogP contribution in [0.15, 0.2) is 46.9 Å². The highest BCUT2D eigenvalue weighted by Crippen LogP contribution is 2.26. The maximum Gasteiger partial charge on any atom is 0.262 e. The van der Waals surface area contributed by atoms with Gasteiger partial charge >= 0.3 is 0 Å². The number of fused-ring (bicyclic) bond motifs is 1. The Balaban J connectivity index is 1.77. The third-order valence-corrected chi connectivity index (χ3v) is 3.91. The molecule has 2 aromatic rings. The van der Waals surface area contributed by atoms with Crippen LogP contribution in [0.25, 0.3) is 0 Å². The van der Waals surface area contributed by atoms with E-state index in [-0.39, 0.29) is 22.6 Å². The first-order chi connectivity index (χ1) is 11.0. The van der Waals surface area contributed by atoms with E-state index in [2.05, 4.69) is 21.2 Å². The molecule has 0 atom stereocenters. The van der Waals surface area contributed by atoms with Crippen molar-refractivity contribution in [1.82, 2.24) is 4.90 Å². The summed E-state index contributed by atoms with van der Waals surface area (Å²) >= 11 is 3.25. The second-order valence-electron chi connectivity index (χ2n) is 4.95. The molecule has 0 aliphatic carbocycles. The van der Waals surface area contributed by atoms with E-state index >= 15 is 0 Å². The number of anilines is 1. The summed E-state index contributed by atoms with van der Waals surface area (Å²) in [5.74, 6) is -1.68. The number of hydrogen-bond acceptors (Lipinski definition) is 4. The minimum atomic E-state index is -0.569. The number of imide groups is 1. The lowest BCUT2D eigenvalue weighted by Gasteiger charge is -2.14. The molecule has 1 heterocycles. The monoisotopic (exact) mass is 374 g/mol. The Bertz CT molecular complexity index is 835. The van der Waals surface area contributed by atoms with E-state index in [1.807, 2.05) is 0 Å². The topological polar surface area (TPSA) is 86.7 Å². The van der Waals surface area contributed by atoms with Gasteiger partial charge in [0, 0.05) is 4.47 Å². The van der Waals surface area contributed by atoms with Crippen molar-refractivity contribution in [3.63, 3.8) is 0 Å². The first kappa shape index (κ1) is 15.2. The van der Waals surface area contributed by atoms with Gasteiger partial charge in [-0.05, 0) is 30.3 Å². The fourth-order valence-electron chi connectivity index (χ4n) is 2.32. The van der Waals surface area contributed by atoms with Crippen LogP contribution in [0.4, 0.5) is 5.69 Å². The lowest BCUT2D eigenvalue weighted by molar-refractivity contribution is -0.116. The van der Waals surface area contributed by atoms with Gasteiger partial charge in [-0.1, -0.05) is 28.1 Å². The van der Waals surface area contributed by atoms with Crippen LogP contribution >= 0.6 is 15.9 Å². The lowest BCUT2D eigenvalue weighted by atomic mass is 10.1. The zero-order valence-electron chi connectivity index (χ0n) is 11.7. The number of carbonyl (C=O) groups excluding carboxylic acids is 3. The van der Waals surface area contributed by atoms with Gasteiger partial charge in [0.1, 0.15) is 12.3 Å². The molecule has 116 valence electrons. The Morgan fingerprint density at radius 1 is 1.09 bits per heavy atom. The number of nitrogens with zero attached hydrogens (tertiary/aromatic N) is 1. The Kier molecular flexibility index (Phi) is 3.87. The highest BCUT2D eigenvalue weighted by molar-refractivity contribution is 9.10. The normalized spacial score (nSPS) is 13.2. The van der Waals surface area contributed by atoms with Crippen LogP contribution in [0.2, 0.25) is 0 Å². The molecule has 0 unspecified atom stereocenters. The highest BCUT2D eigenvalue weighted by atomic mass is 79.9. The van der Waals surface area contributed by atoms with Gasteiger partial charge in [-0.2, -0.15) is 0 Å². The zero-order chi connectivity index (χ0) is 16.6. The first-order valence-electron chi connectivity index (χ1n) is 6.71. The molecule has 1 aliphatic heterocycles. The van der Waals surface area contributed by atoms with Gasteiger partial charge in [0.25, 0.3) is 11.8 Å². The van der Waals surface area contributed by atoms with Gasteiger partial charge in [0.05, 0.1) is 16.8 Å². The number of amides is 3. The fourth-order valence-corrected chi connectivity index (χ4v) is 2.68. The zero-order valence-corrected chi connectivity index (χ0v) is 13.3. The number of phenolic OH excluding ortho intramolecular Hbond substituents is 1. The molecule has 7 heteroatoms. The summed E-state index contributed by atoms with van der Waals surface area (Å²) in [6, 6.07) is 11.0. The molecule has 0 saturated heterocycles. The molecule has 3 rings (SSSR count). The summed E-state index contributed by atoms with van der Waals surface area (Å²) in [6.45, 7) is -0.418. The van der Waals surface area contributed by atoms with Gasteiger partial charge in [0.15, 0.2) is 0 Å². The summed E-state index contributed by atoms with van der Waals surface area (Å²) in [5.41, 5.74) is 0.755. The van der Waals surface area contributed by atoms with Crippen LogP contribution in [0.5, 0.6) is 5.75 Å². The molecule has 0 aromatic heterocycles. The van der Waals surface area contributed by atoms with Crippen molar-refractivity contribution in [2.45, 2.75) is 0 Å². The van der Waals surface area contributed by atoms with E-state index in [1.165, 1.54) is 12.1 Å². The van der Waals surface area contributed by atoms with Crippen LogP contribution < -0.4 is 5.32 Å². The van der Waals surface area contributed by atoms with Crippen LogP contribution in [0.1, 0.15) is 20.7 Å². The third kappa shape index (κ3) is 2.83. The highest BCUT2D eigenvalue weighted by Gasteiger charge is 2.36. The summed E-state index contributed by atoms with van der Waals surface area (Å²) < 4.78 is 0.679. The second-order valence-corrected chi connectivity index (χ2v) is 5.87. The maximum atomic E-state index is 12.3. The van der Waals surface area contributed by atoms with Gasteiger partial charge < -0.3 is 10.4 Å². The number of hydrogen-bond donors (Lipinski definition) is 2. The summed E-state index contributed by atoms with van der Waals surface area (Å²) in [7, 11) is 0. The predicted molar refractivity (Wildman–Crippen MR) is 86.2 cm³/mol. The minimum Gasteiger partial charge on any atom is -0.506 e. The van der Waals surface area contributed by atoms with Crippen molar-refractivity contribution in [3.8, 4) is 5.75 Å². The smallest absolute Gasteiger partial charge is 0.262 e. The van der Waals surface area contributed by atoms with E-state index in [0.717, 1.165) is 4.90 Å². The van der Waals surface area contributed by atoms with Crippen molar-refractivity contribution in [1.29, 1.82) is 0 Å². The number of phenols is 1. The standard InChI is InChI=1S/C16H11BrN2O4/c17-9-5-6-10-11(7-9)16(23)19(15(10)22)8-14(21)18-12-3-1-2-4-13(12)20/h1-7,20H,8H2,(H,18,21). The Hall–Kier alpha value is -2.67. The van der Waals surface area contributed by atoms with Gasteiger partial charge in [-0.25, -0.2) is 0 Å². The predicted octanol–water partition coefficient (Wildman–Crippen LogP) is 2.39. The van der Waals surface area contributed by atoms with Crippen LogP contribution in [0, 0.1) is 0 Å². The molecule has 2 aromatic carbocycles. The van der Waals surface area contributed by atoms with E-state index in [0.29, 0.717) is 4.47 Å². The van der Waals surface area contributed by atoms with Crippen LogP contribution in [-0.2, 0) is 4.79 Å². The van der Waals surface area contributed by atoms with E-state index < -0.39 is 24.3 Å². The van der Waals surface area contributed by atoms with E-state index in [4.69, 9.17) is 0 Å². The number of carbonyl (C=O) groups is 3. The average Bonchev–Trinajstić information content (AvgIpc) is 2.74. The van der Waals surface area contributed by atoms with Crippen molar-refractivity contribution >= 4 is 39.3 Å². The van der Waals surface area contributed by atoms with Crippen molar-refractivity contribution in [2.24, 2.45) is 0 Å². The number of benzene rings is 2. The molecule has 0 spiro atoms.